The van der Waals surface area contributed by atoms with Gasteiger partial charge >= 0.3 is 5.97 Å². The smallest absolute Gasteiger partial charge is 0.303 e. The van der Waals surface area contributed by atoms with E-state index in [-0.39, 0.29) is 0 Å². The van der Waals surface area contributed by atoms with Gasteiger partial charge in [0.1, 0.15) is 0 Å². The Labute approximate surface area is 116 Å². The Morgan fingerprint density at radius 2 is 1.95 bits per heavy atom. The summed E-state index contributed by atoms with van der Waals surface area (Å²) in [6, 6.07) is 0.699. The summed E-state index contributed by atoms with van der Waals surface area (Å²) in [5.41, 5.74) is 0. The molecule has 0 aliphatic carbocycles. The monoisotopic (exact) mass is 268 g/mol. The first-order valence-corrected chi connectivity index (χ1v) is 7.87. The van der Waals surface area contributed by atoms with Gasteiger partial charge in [-0.1, -0.05) is 6.92 Å². The summed E-state index contributed by atoms with van der Waals surface area (Å²) in [4.78, 5) is 16.0. The van der Waals surface area contributed by atoms with Crippen LogP contribution in [0, 0.1) is 5.92 Å². The molecule has 0 bridgehead atoms. The van der Waals surface area contributed by atoms with Gasteiger partial charge < -0.3 is 14.9 Å². The second kappa shape index (κ2) is 7.25. The van der Waals surface area contributed by atoms with Crippen molar-refractivity contribution in [2.24, 2.45) is 5.92 Å². The molecule has 2 aliphatic heterocycles. The third-order valence-corrected chi connectivity index (χ3v) is 4.63. The molecule has 1 unspecified atom stereocenters. The molecule has 2 heterocycles. The van der Waals surface area contributed by atoms with E-state index in [9.17, 15) is 4.79 Å². The predicted molar refractivity (Wildman–Crippen MR) is 76.3 cm³/mol. The number of hydrogen-bond acceptors (Lipinski definition) is 3. The number of aliphatic carboxylic acids is 1. The van der Waals surface area contributed by atoms with Gasteiger partial charge in [-0.3, -0.25) is 4.79 Å². The average Bonchev–Trinajstić information content (AvgIpc) is 2.39. The minimum Gasteiger partial charge on any atom is -0.481 e. The molecule has 0 aromatic carbocycles. The minimum absolute atomic E-state index is 0.352. The first-order valence-electron chi connectivity index (χ1n) is 7.87. The van der Waals surface area contributed by atoms with E-state index in [1.807, 2.05) is 0 Å². The first-order chi connectivity index (χ1) is 9.19. The quantitative estimate of drug-likeness (QED) is 0.829. The van der Waals surface area contributed by atoms with Gasteiger partial charge in [-0.25, -0.2) is 0 Å². The number of likely N-dealkylation sites (tertiary alicyclic amines) is 2. The van der Waals surface area contributed by atoms with E-state index in [2.05, 4.69) is 16.7 Å². The van der Waals surface area contributed by atoms with Crippen molar-refractivity contribution >= 4 is 5.97 Å². The number of piperidine rings is 2. The fraction of sp³-hybridized carbons (Fsp3) is 0.933. The molecule has 19 heavy (non-hydrogen) atoms. The lowest BCUT2D eigenvalue weighted by molar-refractivity contribution is -0.138. The number of nitrogens with zero attached hydrogens (tertiary/aromatic N) is 2. The van der Waals surface area contributed by atoms with Crippen molar-refractivity contribution in [3.63, 3.8) is 0 Å². The van der Waals surface area contributed by atoms with Crippen LogP contribution in [0.1, 0.15) is 45.4 Å². The lowest BCUT2D eigenvalue weighted by atomic mass is 9.92. The van der Waals surface area contributed by atoms with Crippen LogP contribution < -0.4 is 0 Å². The summed E-state index contributed by atoms with van der Waals surface area (Å²) < 4.78 is 0. The van der Waals surface area contributed by atoms with E-state index in [0.29, 0.717) is 18.4 Å². The van der Waals surface area contributed by atoms with Crippen LogP contribution in [0.4, 0.5) is 0 Å². The summed E-state index contributed by atoms with van der Waals surface area (Å²) in [6.07, 6.45) is 6.39. The van der Waals surface area contributed by atoms with Crippen LogP contribution in [0.25, 0.3) is 0 Å². The van der Waals surface area contributed by atoms with Crippen molar-refractivity contribution in [1.82, 2.24) is 9.80 Å². The SMILES string of the molecule is CCCN1CCC(N2CCCC(CC(=O)O)C2)CC1. The highest BCUT2D eigenvalue weighted by molar-refractivity contribution is 5.67. The van der Waals surface area contributed by atoms with Gasteiger partial charge in [-0.2, -0.15) is 0 Å². The van der Waals surface area contributed by atoms with E-state index in [4.69, 9.17) is 5.11 Å². The average molecular weight is 268 g/mol. The molecular weight excluding hydrogens is 240 g/mol. The van der Waals surface area contributed by atoms with E-state index in [1.54, 1.807) is 0 Å². The molecule has 2 rings (SSSR count). The number of hydrogen-bond donors (Lipinski definition) is 1. The number of carboxylic acid groups (broad SMARTS) is 1. The van der Waals surface area contributed by atoms with E-state index < -0.39 is 5.97 Å². The van der Waals surface area contributed by atoms with Crippen molar-refractivity contribution in [2.45, 2.75) is 51.5 Å². The molecule has 0 saturated carbocycles. The largest absolute Gasteiger partial charge is 0.481 e. The second-order valence-electron chi connectivity index (χ2n) is 6.17. The summed E-state index contributed by atoms with van der Waals surface area (Å²) >= 11 is 0. The van der Waals surface area contributed by atoms with Crippen LogP contribution in [0.15, 0.2) is 0 Å². The highest BCUT2D eigenvalue weighted by atomic mass is 16.4. The number of carboxylic acids is 1. The van der Waals surface area contributed by atoms with Crippen LogP contribution >= 0.6 is 0 Å². The molecule has 2 fully saturated rings. The number of rotatable bonds is 5. The Kier molecular flexibility index (Phi) is 5.64. The Morgan fingerprint density at radius 3 is 2.58 bits per heavy atom. The highest BCUT2D eigenvalue weighted by Crippen LogP contribution is 2.25. The lowest BCUT2D eigenvalue weighted by Crippen LogP contribution is -2.48. The van der Waals surface area contributed by atoms with Crippen LogP contribution in [-0.2, 0) is 4.79 Å². The van der Waals surface area contributed by atoms with E-state index in [0.717, 1.165) is 13.0 Å². The van der Waals surface area contributed by atoms with Crippen LogP contribution in [-0.4, -0.2) is 59.6 Å². The van der Waals surface area contributed by atoms with Crippen molar-refractivity contribution in [3.05, 3.63) is 0 Å². The maximum Gasteiger partial charge on any atom is 0.303 e. The fourth-order valence-electron chi connectivity index (χ4n) is 3.67. The van der Waals surface area contributed by atoms with Crippen molar-refractivity contribution in [3.8, 4) is 0 Å². The topological polar surface area (TPSA) is 43.8 Å². The van der Waals surface area contributed by atoms with Crippen LogP contribution in [0.5, 0.6) is 0 Å². The van der Waals surface area contributed by atoms with Crippen molar-refractivity contribution in [2.75, 3.05) is 32.7 Å². The van der Waals surface area contributed by atoms with Gasteiger partial charge in [-0.05, 0) is 64.2 Å². The second-order valence-corrected chi connectivity index (χ2v) is 6.17. The standard InChI is InChI=1S/C15H28N2O2/c1-2-7-16-9-5-14(6-10-16)17-8-3-4-13(12-17)11-15(18)19/h13-14H,2-12H2,1H3,(H,18,19). The predicted octanol–water partition coefficient (Wildman–Crippen LogP) is 2.05. The highest BCUT2D eigenvalue weighted by Gasteiger charge is 2.29. The van der Waals surface area contributed by atoms with Crippen molar-refractivity contribution in [1.29, 1.82) is 0 Å². The molecule has 0 aromatic heterocycles. The van der Waals surface area contributed by atoms with E-state index >= 15 is 0 Å². The maximum absolute atomic E-state index is 10.8. The lowest BCUT2D eigenvalue weighted by Gasteiger charge is -2.42. The maximum atomic E-state index is 10.8. The Hall–Kier alpha value is -0.610. The third kappa shape index (κ3) is 4.46. The molecule has 4 heteroatoms. The zero-order valence-electron chi connectivity index (χ0n) is 12.2. The Bertz CT molecular complexity index is 288. The molecule has 2 saturated heterocycles. The summed E-state index contributed by atoms with van der Waals surface area (Å²) in [7, 11) is 0. The molecule has 0 amide bonds. The van der Waals surface area contributed by atoms with Gasteiger partial charge in [-0.15, -0.1) is 0 Å². The summed E-state index contributed by atoms with van der Waals surface area (Å²) in [5.74, 6) is -0.260. The van der Waals surface area contributed by atoms with Gasteiger partial charge in [0.25, 0.3) is 0 Å². The zero-order chi connectivity index (χ0) is 13.7. The molecule has 1 atom stereocenters. The third-order valence-electron chi connectivity index (χ3n) is 4.63. The molecule has 0 radical (unpaired) electrons. The minimum atomic E-state index is -0.635. The number of carbonyl (C=O) groups is 1. The Balaban J connectivity index is 1.77. The molecule has 2 aliphatic rings. The van der Waals surface area contributed by atoms with Gasteiger partial charge in [0, 0.05) is 19.0 Å². The first kappa shape index (κ1) is 14.8. The van der Waals surface area contributed by atoms with E-state index in [1.165, 1.54) is 51.9 Å². The molecule has 110 valence electrons. The van der Waals surface area contributed by atoms with Crippen LogP contribution in [0.2, 0.25) is 0 Å². The summed E-state index contributed by atoms with van der Waals surface area (Å²) in [6.45, 7) is 8.10. The van der Waals surface area contributed by atoms with Gasteiger partial charge in [0.2, 0.25) is 0 Å². The zero-order valence-corrected chi connectivity index (χ0v) is 12.2. The molecule has 0 aromatic rings. The normalized spacial score (nSPS) is 27.5. The fourth-order valence-corrected chi connectivity index (χ4v) is 3.67. The van der Waals surface area contributed by atoms with Gasteiger partial charge in [0.15, 0.2) is 0 Å². The Morgan fingerprint density at radius 1 is 1.21 bits per heavy atom. The van der Waals surface area contributed by atoms with Gasteiger partial charge in [0.05, 0.1) is 0 Å². The summed E-state index contributed by atoms with van der Waals surface area (Å²) in [5, 5.41) is 8.93. The molecule has 0 spiro atoms. The molecule has 1 N–H and O–H groups in total. The molecule has 4 nitrogen and oxygen atoms in total. The molecular formula is C15H28N2O2. The van der Waals surface area contributed by atoms with Crippen molar-refractivity contribution < 1.29 is 9.90 Å². The van der Waals surface area contributed by atoms with Crippen LogP contribution in [0.3, 0.4) is 0 Å².